The third kappa shape index (κ3) is 5.62. The lowest BCUT2D eigenvalue weighted by Crippen LogP contribution is -2.37. The zero-order valence-electron chi connectivity index (χ0n) is 9.55. The van der Waals surface area contributed by atoms with Gasteiger partial charge in [0.15, 0.2) is 0 Å². The Hall–Kier alpha value is -0.770. The van der Waals surface area contributed by atoms with Gasteiger partial charge in [-0.05, 0) is 25.7 Å². The maximum absolute atomic E-state index is 11.2. The summed E-state index contributed by atoms with van der Waals surface area (Å²) in [5.41, 5.74) is 0. The van der Waals surface area contributed by atoms with Gasteiger partial charge in [-0.15, -0.1) is 0 Å². The summed E-state index contributed by atoms with van der Waals surface area (Å²) in [4.78, 5) is 11.2. The first-order chi connectivity index (χ1) is 7.33. The normalized spacial score (nSPS) is 20.2. The minimum Gasteiger partial charge on any atom is -0.378 e. The third-order valence-electron chi connectivity index (χ3n) is 2.59. The van der Waals surface area contributed by atoms with Gasteiger partial charge in [0.1, 0.15) is 0 Å². The summed E-state index contributed by atoms with van der Waals surface area (Å²) >= 11 is 0. The molecule has 0 aliphatic carbocycles. The van der Waals surface area contributed by atoms with Crippen LogP contribution in [0.5, 0.6) is 0 Å². The number of nitrogens with one attached hydrogen (secondary N) is 2. The number of ether oxygens (including phenoxy) is 1. The van der Waals surface area contributed by atoms with E-state index in [1.807, 2.05) is 0 Å². The number of carbonyl (C=O) groups excluding carboxylic acids is 1. The quantitative estimate of drug-likeness (QED) is 0.661. The van der Waals surface area contributed by atoms with Crippen LogP contribution < -0.4 is 10.6 Å². The first-order valence-electron chi connectivity index (χ1n) is 5.96. The molecule has 1 atom stereocenters. The highest BCUT2D eigenvalue weighted by molar-refractivity contribution is 5.73. The van der Waals surface area contributed by atoms with Crippen molar-refractivity contribution < 1.29 is 9.53 Å². The number of rotatable bonds is 6. The van der Waals surface area contributed by atoms with E-state index in [1.165, 1.54) is 0 Å². The van der Waals surface area contributed by atoms with Gasteiger partial charge in [0.25, 0.3) is 0 Å². The van der Waals surface area contributed by atoms with E-state index < -0.39 is 0 Å². The molecule has 1 fully saturated rings. The van der Waals surface area contributed by atoms with Gasteiger partial charge < -0.3 is 15.4 Å². The molecule has 0 aromatic heterocycles. The van der Waals surface area contributed by atoms with Gasteiger partial charge in [-0.2, -0.15) is 0 Å². The number of urea groups is 1. The van der Waals surface area contributed by atoms with Crippen LogP contribution in [0.2, 0.25) is 0 Å². The van der Waals surface area contributed by atoms with Crippen LogP contribution in [-0.2, 0) is 4.74 Å². The fourth-order valence-corrected chi connectivity index (χ4v) is 1.66. The van der Waals surface area contributed by atoms with Crippen LogP contribution >= 0.6 is 0 Å². The molecule has 0 spiro atoms. The van der Waals surface area contributed by atoms with Crippen molar-refractivity contribution in [3.63, 3.8) is 0 Å². The minimum atomic E-state index is -0.0542. The maximum atomic E-state index is 11.2. The second-order valence-corrected chi connectivity index (χ2v) is 3.96. The van der Waals surface area contributed by atoms with E-state index in [0.717, 1.165) is 45.3 Å². The van der Waals surface area contributed by atoms with E-state index in [1.54, 1.807) is 0 Å². The summed E-state index contributed by atoms with van der Waals surface area (Å²) in [5.74, 6) is 0. The average molecular weight is 214 g/mol. The summed E-state index contributed by atoms with van der Waals surface area (Å²) in [7, 11) is 0. The summed E-state index contributed by atoms with van der Waals surface area (Å²) in [6, 6.07) is -0.0542. The topological polar surface area (TPSA) is 50.4 Å². The summed E-state index contributed by atoms with van der Waals surface area (Å²) < 4.78 is 5.46. The first kappa shape index (κ1) is 12.3. The molecule has 0 bridgehead atoms. The third-order valence-corrected chi connectivity index (χ3v) is 2.59. The Kier molecular flexibility index (Phi) is 6.16. The van der Waals surface area contributed by atoms with Gasteiger partial charge in [0.05, 0.1) is 6.10 Å². The second-order valence-electron chi connectivity index (χ2n) is 3.96. The molecular weight excluding hydrogens is 192 g/mol. The summed E-state index contributed by atoms with van der Waals surface area (Å²) in [5, 5.41) is 5.66. The Bertz CT molecular complexity index is 179. The van der Waals surface area contributed by atoms with Crippen molar-refractivity contribution in [3.8, 4) is 0 Å². The Morgan fingerprint density at radius 1 is 1.40 bits per heavy atom. The maximum Gasteiger partial charge on any atom is 0.314 e. The van der Waals surface area contributed by atoms with Crippen molar-refractivity contribution in [3.05, 3.63) is 0 Å². The van der Waals surface area contributed by atoms with Crippen molar-refractivity contribution in [1.82, 2.24) is 10.6 Å². The van der Waals surface area contributed by atoms with Crippen LogP contribution in [0, 0.1) is 0 Å². The molecule has 0 radical (unpaired) electrons. The van der Waals surface area contributed by atoms with E-state index in [-0.39, 0.29) is 6.03 Å². The standard InChI is InChI=1S/C11H22N2O2/c1-2-3-7-12-11(14)13-8-6-10-5-4-9-15-10/h10H,2-9H2,1H3,(H2,12,13,14). The van der Waals surface area contributed by atoms with Crippen LogP contribution in [0.4, 0.5) is 4.79 Å². The van der Waals surface area contributed by atoms with E-state index in [0.29, 0.717) is 12.6 Å². The highest BCUT2D eigenvalue weighted by atomic mass is 16.5. The van der Waals surface area contributed by atoms with Crippen molar-refractivity contribution >= 4 is 6.03 Å². The number of amides is 2. The molecule has 1 rings (SSSR count). The predicted molar refractivity (Wildman–Crippen MR) is 59.9 cm³/mol. The zero-order chi connectivity index (χ0) is 10.9. The lowest BCUT2D eigenvalue weighted by molar-refractivity contribution is 0.104. The largest absolute Gasteiger partial charge is 0.378 e. The van der Waals surface area contributed by atoms with E-state index in [9.17, 15) is 4.79 Å². The molecule has 1 unspecified atom stereocenters. The van der Waals surface area contributed by atoms with Crippen molar-refractivity contribution in [1.29, 1.82) is 0 Å². The van der Waals surface area contributed by atoms with Gasteiger partial charge in [0, 0.05) is 19.7 Å². The number of hydrogen-bond donors (Lipinski definition) is 2. The van der Waals surface area contributed by atoms with E-state index >= 15 is 0 Å². The molecule has 2 amide bonds. The van der Waals surface area contributed by atoms with Crippen LogP contribution in [0.1, 0.15) is 39.0 Å². The smallest absolute Gasteiger partial charge is 0.314 e. The molecular formula is C11H22N2O2. The highest BCUT2D eigenvalue weighted by Crippen LogP contribution is 2.14. The highest BCUT2D eigenvalue weighted by Gasteiger charge is 2.14. The number of carbonyl (C=O) groups is 1. The fourth-order valence-electron chi connectivity index (χ4n) is 1.66. The minimum absolute atomic E-state index is 0.0542. The number of unbranched alkanes of at least 4 members (excludes halogenated alkanes) is 1. The van der Waals surface area contributed by atoms with Gasteiger partial charge in [0.2, 0.25) is 0 Å². The molecule has 4 nitrogen and oxygen atoms in total. The molecule has 0 saturated carbocycles. The Morgan fingerprint density at radius 2 is 2.20 bits per heavy atom. The number of hydrogen-bond acceptors (Lipinski definition) is 2. The van der Waals surface area contributed by atoms with Gasteiger partial charge in [-0.25, -0.2) is 4.79 Å². The molecule has 0 aromatic carbocycles. The van der Waals surface area contributed by atoms with Crippen LogP contribution in [-0.4, -0.2) is 31.8 Å². The van der Waals surface area contributed by atoms with Gasteiger partial charge >= 0.3 is 6.03 Å². The van der Waals surface area contributed by atoms with Gasteiger partial charge in [-0.3, -0.25) is 0 Å². The van der Waals surface area contributed by atoms with Crippen LogP contribution in [0.15, 0.2) is 0 Å². The van der Waals surface area contributed by atoms with Crippen molar-refractivity contribution in [2.45, 2.75) is 45.1 Å². The molecule has 1 saturated heterocycles. The average Bonchev–Trinajstić information content (AvgIpc) is 2.71. The first-order valence-corrected chi connectivity index (χ1v) is 5.96. The Balaban J connectivity index is 1.91. The molecule has 2 N–H and O–H groups in total. The van der Waals surface area contributed by atoms with E-state index in [4.69, 9.17) is 4.74 Å². The molecule has 15 heavy (non-hydrogen) atoms. The molecule has 1 heterocycles. The molecule has 1 aliphatic heterocycles. The summed E-state index contributed by atoms with van der Waals surface area (Å²) in [6.45, 7) is 4.47. The lowest BCUT2D eigenvalue weighted by atomic mass is 10.2. The van der Waals surface area contributed by atoms with Crippen LogP contribution in [0.25, 0.3) is 0 Å². The van der Waals surface area contributed by atoms with Crippen molar-refractivity contribution in [2.24, 2.45) is 0 Å². The SMILES string of the molecule is CCCCNC(=O)NCCC1CCCO1. The zero-order valence-corrected chi connectivity index (χ0v) is 9.55. The fraction of sp³-hybridized carbons (Fsp3) is 0.909. The summed E-state index contributed by atoms with van der Waals surface area (Å²) in [6.07, 6.45) is 5.74. The molecule has 1 aliphatic rings. The van der Waals surface area contributed by atoms with E-state index in [2.05, 4.69) is 17.6 Å². The van der Waals surface area contributed by atoms with Gasteiger partial charge in [-0.1, -0.05) is 13.3 Å². The second kappa shape index (κ2) is 7.51. The lowest BCUT2D eigenvalue weighted by Gasteiger charge is -2.10. The molecule has 0 aromatic rings. The molecule has 4 heteroatoms. The predicted octanol–water partition coefficient (Wildman–Crippen LogP) is 1.65. The van der Waals surface area contributed by atoms with Crippen molar-refractivity contribution in [2.75, 3.05) is 19.7 Å². The van der Waals surface area contributed by atoms with Crippen LogP contribution in [0.3, 0.4) is 0 Å². The Labute approximate surface area is 91.8 Å². The molecule has 88 valence electrons. The monoisotopic (exact) mass is 214 g/mol. The Morgan fingerprint density at radius 3 is 2.87 bits per heavy atom.